The van der Waals surface area contributed by atoms with Gasteiger partial charge in [-0.1, -0.05) is 13.2 Å². The van der Waals surface area contributed by atoms with E-state index in [1.54, 1.807) is 0 Å². The summed E-state index contributed by atoms with van der Waals surface area (Å²) in [4.78, 5) is 0. The van der Waals surface area contributed by atoms with Gasteiger partial charge in [0.1, 0.15) is 16.8 Å². The van der Waals surface area contributed by atoms with Gasteiger partial charge < -0.3 is 0 Å². The van der Waals surface area contributed by atoms with Crippen LogP contribution in [0.25, 0.3) is 0 Å². The van der Waals surface area contributed by atoms with Gasteiger partial charge in [0.25, 0.3) is 0 Å². The fourth-order valence-corrected chi connectivity index (χ4v) is 3.93. The van der Waals surface area contributed by atoms with E-state index in [0.717, 1.165) is 5.25 Å². The summed E-state index contributed by atoms with van der Waals surface area (Å²) < 4.78 is 0. The Kier molecular flexibility index (Phi) is 3.78. The van der Waals surface area contributed by atoms with Crippen LogP contribution < -0.4 is 0 Å². The van der Waals surface area contributed by atoms with Gasteiger partial charge in [0.2, 0.25) is 0 Å². The molecule has 0 nitrogen and oxygen atoms in total. The summed E-state index contributed by atoms with van der Waals surface area (Å²) >= 11 is 0. The molecule has 0 aliphatic carbocycles. The van der Waals surface area contributed by atoms with Crippen molar-refractivity contribution in [2.24, 2.45) is 0 Å². The zero-order valence-electron chi connectivity index (χ0n) is 7.09. The molecule has 0 aromatic carbocycles. The highest BCUT2D eigenvalue weighted by atomic mass is 32.2. The SMILES string of the molecule is C=CC[S+]1CCCCC1C=C. The van der Waals surface area contributed by atoms with Crippen molar-refractivity contribution < 1.29 is 0 Å². The highest BCUT2D eigenvalue weighted by molar-refractivity contribution is 7.97. The molecule has 0 amide bonds. The van der Waals surface area contributed by atoms with Crippen LogP contribution in [0.15, 0.2) is 25.3 Å². The van der Waals surface area contributed by atoms with Gasteiger partial charge in [-0.05, 0) is 42.3 Å². The van der Waals surface area contributed by atoms with Gasteiger partial charge in [0, 0.05) is 0 Å². The summed E-state index contributed by atoms with van der Waals surface area (Å²) in [5.74, 6) is 2.61. The second-order valence-corrected chi connectivity index (χ2v) is 5.39. The van der Waals surface area contributed by atoms with E-state index in [0.29, 0.717) is 10.9 Å². The molecule has 0 aromatic rings. The number of rotatable bonds is 3. The van der Waals surface area contributed by atoms with Gasteiger partial charge in [-0.15, -0.1) is 0 Å². The first-order chi connectivity index (χ1) is 5.38. The lowest BCUT2D eigenvalue weighted by molar-refractivity contribution is 0.712. The van der Waals surface area contributed by atoms with E-state index in [2.05, 4.69) is 25.3 Å². The van der Waals surface area contributed by atoms with Crippen molar-refractivity contribution in [1.82, 2.24) is 0 Å². The van der Waals surface area contributed by atoms with Crippen LogP contribution in [-0.4, -0.2) is 16.8 Å². The summed E-state index contributed by atoms with van der Waals surface area (Å²) in [7, 11) is 0.581. The molecule has 1 heteroatoms. The van der Waals surface area contributed by atoms with E-state index in [1.165, 1.54) is 30.8 Å². The highest BCUT2D eigenvalue weighted by Crippen LogP contribution is 2.22. The van der Waals surface area contributed by atoms with E-state index in [9.17, 15) is 0 Å². The summed E-state index contributed by atoms with van der Waals surface area (Å²) in [5, 5.41) is 0.793. The quantitative estimate of drug-likeness (QED) is 0.450. The lowest BCUT2D eigenvalue weighted by atomic mass is 10.2. The molecule has 0 aromatic heterocycles. The Bertz CT molecular complexity index is 140. The molecule has 11 heavy (non-hydrogen) atoms. The van der Waals surface area contributed by atoms with Crippen molar-refractivity contribution in [3.63, 3.8) is 0 Å². The van der Waals surface area contributed by atoms with Crippen molar-refractivity contribution >= 4 is 10.9 Å². The average Bonchev–Trinajstić information content (AvgIpc) is 2.06. The first-order valence-electron chi connectivity index (χ1n) is 4.28. The third-order valence-electron chi connectivity index (χ3n) is 2.17. The van der Waals surface area contributed by atoms with Crippen LogP contribution in [0.5, 0.6) is 0 Å². The van der Waals surface area contributed by atoms with E-state index >= 15 is 0 Å². The van der Waals surface area contributed by atoms with Crippen molar-refractivity contribution in [3.8, 4) is 0 Å². The van der Waals surface area contributed by atoms with Gasteiger partial charge >= 0.3 is 0 Å². The molecule has 2 unspecified atom stereocenters. The molecule has 0 N–H and O–H groups in total. The maximum atomic E-state index is 3.89. The smallest absolute Gasteiger partial charge is 0.0985 e. The molecule has 1 saturated heterocycles. The second-order valence-electron chi connectivity index (χ2n) is 2.97. The Hall–Kier alpha value is -0.170. The standard InChI is InChI=1S/C10H17S/c1-3-8-11-9-6-5-7-10(11)4-2/h3-4,10H,1-2,5-9H2/q+1. The van der Waals surface area contributed by atoms with Gasteiger partial charge in [0.15, 0.2) is 0 Å². The number of hydrogen-bond donors (Lipinski definition) is 0. The minimum atomic E-state index is 0.581. The van der Waals surface area contributed by atoms with Crippen LogP contribution in [-0.2, 0) is 10.9 Å². The largest absolute Gasteiger partial charge is 0.136 e. The fourth-order valence-electron chi connectivity index (χ4n) is 1.56. The van der Waals surface area contributed by atoms with Crippen molar-refractivity contribution in [3.05, 3.63) is 25.3 Å². The van der Waals surface area contributed by atoms with Gasteiger partial charge in [0.05, 0.1) is 0 Å². The highest BCUT2D eigenvalue weighted by Gasteiger charge is 2.29. The molecule has 62 valence electrons. The molecule has 0 saturated carbocycles. The Morgan fingerprint density at radius 1 is 1.36 bits per heavy atom. The van der Waals surface area contributed by atoms with E-state index in [1.807, 2.05) is 0 Å². The van der Waals surface area contributed by atoms with E-state index in [4.69, 9.17) is 0 Å². The minimum absolute atomic E-state index is 0.581. The predicted molar refractivity (Wildman–Crippen MR) is 55.1 cm³/mol. The molecule has 0 spiro atoms. The molecule has 2 atom stereocenters. The molecule has 1 aliphatic rings. The first-order valence-corrected chi connectivity index (χ1v) is 5.91. The first kappa shape index (κ1) is 8.92. The van der Waals surface area contributed by atoms with Crippen LogP contribution in [0, 0.1) is 0 Å². The zero-order valence-corrected chi connectivity index (χ0v) is 7.91. The van der Waals surface area contributed by atoms with Crippen molar-refractivity contribution in [2.75, 3.05) is 11.5 Å². The molecule has 1 fully saturated rings. The average molecular weight is 169 g/mol. The Morgan fingerprint density at radius 3 is 2.82 bits per heavy atom. The Balaban J connectivity index is 2.43. The maximum Gasteiger partial charge on any atom is 0.136 e. The molecule has 1 rings (SSSR count). The van der Waals surface area contributed by atoms with Gasteiger partial charge in [-0.25, -0.2) is 0 Å². The lowest BCUT2D eigenvalue weighted by Crippen LogP contribution is -2.28. The minimum Gasteiger partial charge on any atom is -0.0985 e. The molecular formula is C10H17S+. The summed E-state index contributed by atoms with van der Waals surface area (Å²) in [6, 6.07) is 0. The zero-order chi connectivity index (χ0) is 8.10. The Morgan fingerprint density at radius 2 is 2.18 bits per heavy atom. The topological polar surface area (TPSA) is 0 Å². The third kappa shape index (κ3) is 2.41. The normalized spacial score (nSPS) is 31.3. The van der Waals surface area contributed by atoms with Crippen LogP contribution in [0.4, 0.5) is 0 Å². The van der Waals surface area contributed by atoms with Crippen LogP contribution in [0.2, 0.25) is 0 Å². The van der Waals surface area contributed by atoms with Gasteiger partial charge in [-0.2, -0.15) is 0 Å². The number of hydrogen-bond acceptors (Lipinski definition) is 0. The fraction of sp³-hybridized carbons (Fsp3) is 0.600. The van der Waals surface area contributed by atoms with Crippen LogP contribution >= 0.6 is 0 Å². The predicted octanol–water partition coefficient (Wildman–Crippen LogP) is 2.53. The maximum absolute atomic E-state index is 3.89. The Labute approximate surface area is 72.7 Å². The molecule has 1 heterocycles. The third-order valence-corrected chi connectivity index (χ3v) is 4.93. The second kappa shape index (κ2) is 4.66. The van der Waals surface area contributed by atoms with Crippen molar-refractivity contribution in [2.45, 2.75) is 24.5 Å². The van der Waals surface area contributed by atoms with Gasteiger partial charge in [-0.3, -0.25) is 0 Å². The molecular weight excluding hydrogens is 152 g/mol. The van der Waals surface area contributed by atoms with E-state index in [-0.39, 0.29) is 0 Å². The van der Waals surface area contributed by atoms with Crippen molar-refractivity contribution in [1.29, 1.82) is 0 Å². The summed E-state index contributed by atoms with van der Waals surface area (Å²) in [6.07, 6.45) is 8.38. The van der Waals surface area contributed by atoms with Crippen LogP contribution in [0.3, 0.4) is 0 Å². The van der Waals surface area contributed by atoms with Crippen LogP contribution in [0.1, 0.15) is 19.3 Å². The molecule has 0 bridgehead atoms. The monoisotopic (exact) mass is 169 g/mol. The summed E-state index contributed by atoms with van der Waals surface area (Å²) in [5.41, 5.74) is 0. The van der Waals surface area contributed by atoms with E-state index < -0.39 is 0 Å². The molecule has 1 aliphatic heterocycles. The lowest BCUT2D eigenvalue weighted by Gasteiger charge is -2.19. The molecule has 0 radical (unpaired) electrons. The summed E-state index contributed by atoms with van der Waals surface area (Å²) in [6.45, 7) is 7.69.